The highest BCUT2D eigenvalue weighted by Crippen LogP contribution is 2.30. The fraction of sp³-hybridized carbons (Fsp3) is 0.100. The van der Waals surface area contributed by atoms with Crippen molar-refractivity contribution in [2.75, 3.05) is 0 Å². The number of aromatic nitrogens is 4. The second-order valence-electron chi connectivity index (χ2n) is 6.31. The molecule has 2 aromatic carbocycles. The highest BCUT2D eigenvalue weighted by molar-refractivity contribution is 14.1. The van der Waals surface area contributed by atoms with Gasteiger partial charge in [-0.25, -0.2) is 4.68 Å². The van der Waals surface area contributed by atoms with Gasteiger partial charge < -0.3 is 9.68 Å². The topological polar surface area (TPSA) is 76.0 Å². The van der Waals surface area contributed by atoms with Gasteiger partial charge in [0, 0.05) is 12.4 Å². The van der Waals surface area contributed by atoms with Crippen LogP contribution >= 0.6 is 45.2 Å². The van der Waals surface area contributed by atoms with Crippen molar-refractivity contribution in [1.82, 2.24) is 20.0 Å². The van der Waals surface area contributed by atoms with E-state index < -0.39 is 23.5 Å². The monoisotopic (exact) mass is 721 g/mol. The first-order valence-electron chi connectivity index (χ1n) is 9.22. The van der Waals surface area contributed by atoms with Crippen LogP contribution in [0.25, 0.3) is 5.69 Å². The minimum absolute atomic E-state index is 0.149. The molecule has 6 nitrogen and oxygen atoms in total. The van der Waals surface area contributed by atoms with Crippen LogP contribution < -0.4 is 4.65 Å². The largest absolute Gasteiger partial charge is 0.569 e. The zero-order valence-electron chi connectivity index (χ0n) is 17.2. The molecule has 2 heterocycles. The van der Waals surface area contributed by atoms with Crippen LogP contribution in [0.1, 0.15) is 11.1 Å². The van der Waals surface area contributed by atoms with Gasteiger partial charge in [0.05, 0.1) is 36.3 Å². The summed E-state index contributed by atoms with van der Waals surface area (Å²) in [4.78, 5) is 0. The molecule has 0 aliphatic heterocycles. The number of hydrogen-bond acceptors (Lipinski definition) is 4. The van der Waals surface area contributed by atoms with Crippen molar-refractivity contribution in [3.8, 4) is 11.4 Å². The van der Waals surface area contributed by atoms with Gasteiger partial charge in [0.25, 0.3) is 0 Å². The van der Waals surface area contributed by atoms with Crippen LogP contribution in [0.2, 0.25) is 0 Å². The van der Waals surface area contributed by atoms with E-state index in [1.54, 1.807) is 18.6 Å². The number of nitrogens with zero attached hydrogens (tertiary/aromatic N) is 3. The summed E-state index contributed by atoms with van der Waals surface area (Å²) in [5, 5.41) is 18.5. The van der Waals surface area contributed by atoms with E-state index in [9.17, 15) is 26.3 Å². The summed E-state index contributed by atoms with van der Waals surface area (Å²) < 4.78 is 81.0. The second kappa shape index (κ2) is 13.1. The molecule has 0 atom stereocenters. The average molecular weight is 721 g/mol. The standard InChI is InChI=1S/C10H6F3IN2.C7H5BF3O2.C3H3IN2/c11-10(12,13)7-1-3-9(4-2-7)16-6-8(14)5-15-16;9-7(10,11)5-1-3-6(4-2-5)13-8-12;4-3-1-5-6-2-3/h1-6H;1-4,12H;1-2H,(H,5,6). The molecule has 0 saturated carbocycles. The zero-order valence-corrected chi connectivity index (χ0v) is 21.5. The van der Waals surface area contributed by atoms with Gasteiger partial charge >= 0.3 is 20.0 Å². The summed E-state index contributed by atoms with van der Waals surface area (Å²) >= 11 is 4.26. The minimum atomic E-state index is -4.35. The number of hydrogen-bond donors (Lipinski definition) is 2. The lowest BCUT2D eigenvalue weighted by atomic mass is 10.2. The fourth-order valence-electron chi connectivity index (χ4n) is 2.26. The van der Waals surface area contributed by atoms with Gasteiger partial charge in [0.1, 0.15) is 5.75 Å². The molecule has 0 unspecified atom stereocenters. The Morgan fingerprint density at radius 2 is 1.37 bits per heavy atom. The number of nitrogens with one attached hydrogen (secondary N) is 1. The maximum absolute atomic E-state index is 12.3. The van der Waals surface area contributed by atoms with Gasteiger partial charge in [-0.05, 0) is 93.7 Å². The Morgan fingerprint density at radius 1 is 0.829 bits per heavy atom. The Labute approximate surface area is 223 Å². The molecule has 2 aromatic heterocycles. The van der Waals surface area contributed by atoms with Gasteiger partial charge in [-0.1, -0.05) is 0 Å². The van der Waals surface area contributed by atoms with Gasteiger partial charge in [0.15, 0.2) is 0 Å². The summed E-state index contributed by atoms with van der Waals surface area (Å²) in [6.07, 6.45) is -1.67. The number of H-pyrrole nitrogens is 1. The molecule has 0 aliphatic rings. The Kier molecular flexibility index (Phi) is 10.9. The van der Waals surface area contributed by atoms with E-state index in [0.29, 0.717) is 13.4 Å². The second-order valence-corrected chi connectivity index (χ2v) is 8.80. The molecule has 35 heavy (non-hydrogen) atoms. The summed E-state index contributed by atoms with van der Waals surface area (Å²) in [6.45, 7) is 0. The van der Waals surface area contributed by atoms with Crippen molar-refractivity contribution in [3.63, 3.8) is 0 Å². The average Bonchev–Trinajstić information content (AvgIpc) is 3.45. The third-order valence-corrected chi connectivity index (χ3v) is 4.99. The molecule has 0 bridgehead atoms. The quantitative estimate of drug-likeness (QED) is 0.152. The molecule has 0 aliphatic carbocycles. The van der Waals surface area contributed by atoms with E-state index in [1.165, 1.54) is 16.8 Å². The van der Waals surface area contributed by atoms with Crippen molar-refractivity contribution >= 4 is 52.9 Å². The zero-order chi connectivity index (χ0) is 26.1. The fourth-order valence-corrected chi connectivity index (χ4v) is 2.93. The van der Waals surface area contributed by atoms with Gasteiger partial charge in [-0.2, -0.15) is 36.5 Å². The van der Waals surface area contributed by atoms with Gasteiger partial charge in [-0.15, -0.1) is 0 Å². The van der Waals surface area contributed by atoms with Crippen molar-refractivity contribution < 1.29 is 36.0 Å². The lowest BCUT2D eigenvalue weighted by Gasteiger charge is -2.07. The molecule has 1 radical (unpaired) electrons. The highest BCUT2D eigenvalue weighted by atomic mass is 127. The highest BCUT2D eigenvalue weighted by Gasteiger charge is 2.30. The number of alkyl halides is 6. The number of rotatable bonds is 3. The molecule has 0 saturated heterocycles. The normalized spacial score (nSPS) is 11.0. The summed E-state index contributed by atoms with van der Waals surface area (Å²) in [6, 6.07) is 8.87. The predicted octanol–water partition coefficient (Wildman–Crippen LogP) is 6.12. The first-order chi connectivity index (χ1) is 16.4. The number of benzene rings is 2. The molecule has 0 spiro atoms. The minimum Gasteiger partial charge on any atom is -0.537 e. The summed E-state index contributed by atoms with van der Waals surface area (Å²) in [5.74, 6) is 0.149. The van der Waals surface area contributed by atoms with E-state index in [2.05, 4.69) is 65.1 Å². The van der Waals surface area contributed by atoms with E-state index in [-0.39, 0.29) is 5.75 Å². The van der Waals surface area contributed by atoms with Crippen LogP contribution in [-0.2, 0) is 12.4 Å². The smallest absolute Gasteiger partial charge is 0.537 e. The molecule has 185 valence electrons. The van der Waals surface area contributed by atoms with Crippen LogP contribution in [0.3, 0.4) is 0 Å². The van der Waals surface area contributed by atoms with Crippen LogP contribution in [0.15, 0.2) is 73.3 Å². The SMILES string of the molecule is FC(F)(F)c1ccc(-n2cc(I)cn2)cc1.Ic1cn[nH]c1.O[B]Oc1ccc(C(F)(F)F)cc1. The molecule has 0 amide bonds. The summed E-state index contributed by atoms with van der Waals surface area (Å²) in [5.41, 5.74) is -0.799. The predicted molar refractivity (Wildman–Crippen MR) is 133 cm³/mol. The first-order valence-corrected chi connectivity index (χ1v) is 11.4. The Hall–Kier alpha value is -2.28. The Balaban J connectivity index is 0.000000203. The van der Waals surface area contributed by atoms with E-state index in [4.69, 9.17) is 5.02 Å². The van der Waals surface area contributed by atoms with E-state index >= 15 is 0 Å². The molecule has 15 heteroatoms. The first kappa shape index (κ1) is 29.0. The molecule has 0 fully saturated rings. The number of aromatic amines is 1. The third kappa shape index (κ3) is 10.1. The van der Waals surface area contributed by atoms with Crippen molar-refractivity contribution in [2.45, 2.75) is 12.4 Å². The maximum Gasteiger partial charge on any atom is 0.569 e. The molecule has 4 aromatic rings. The van der Waals surface area contributed by atoms with Crippen molar-refractivity contribution in [3.05, 3.63) is 91.6 Å². The lowest BCUT2D eigenvalue weighted by Crippen LogP contribution is -2.05. The van der Waals surface area contributed by atoms with Crippen LogP contribution in [0, 0.1) is 7.14 Å². The maximum atomic E-state index is 12.3. The van der Waals surface area contributed by atoms with Crippen molar-refractivity contribution in [2.24, 2.45) is 0 Å². The van der Waals surface area contributed by atoms with E-state index in [1.807, 2.05) is 6.20 Å². The molecular formula is C20H14BF6I2N4O2. The van der Waals surface area contributed by atoms with Crippen LogP contribution in [0.5, 0.6) is 5.75 Å². The Morgan fingerprint density at radius 3 is 1.71 bits per heavy atom. The van der Waals surface area contributed by atoms with Crippen LogP contribution in [-0.4, -0.2) is 32.7 Å². The Bertz CT molecular complexity index is 1150. The summed E-state index contributed by atoms with van der Waals surface area (Å²) in [7, 11) is 0.405. The third-order valence-electron chi connectivity index (χ3n) is 3.85. The molecule has 2 N–H and O–H groups in total. The number of halogens is 8. The van der Waals surface area contributed by atoms with Gasteiger partial charge in [-0.3, -0.25) is 5.10 Å². The van der Waals surface area contributed by atoms with Gasteiger partial charge in [0.2, 0.25) is 0 Å². The molecular weight excluding hydrogens is 707 g/mol. The van der Waals surface area contributed by atoms with Crippen LogP contribution in [0.4, 0.5) is 26.3 Å². The molecule has 4 rings (SSSR count). The lowest BCUT2D eigenvalue weighted by molar-refractivity contribution is -0.138. The van der Waals surface area contributed by atoms with Crippen molar-refractivity contribution in [1.29, 1.82) is 0 Å². The van der Waals surface area contributed by atoms with E-state index in [0.717, 1.165) is 43.5 Å².